The summed E-state index contributed by atoms with van der Waals surface area (Å²) in [4.78, 5) is 7.28. The van der Waals surface area contributed by atoms with Crippen LogP contribution in [0.2, 0.25) is 0 Å². The van der Waals surface area contributed by atoms with E-state index in [0.29, 0.717) is 10.7 Å². The van der Waals surface area contributed by atoms with E-state index in [1.165, 1.54) is 0 Å². The van der Waals surface area contributed by atoms with Crippen LogP contribution in [0.15, 0.2) is 41.6 Å². The number of benzene rings is 2. The molecule has 0 bridgehead atoms. The lowest BCUT2D eigenvalue weighted by Crippen LogP contribution is -2.11. The van der Waals surface area contributed by atoms with Crippen LogP contribution in [0.25, 0.3) is 11.0 Å². The summed E-state index contributed by atoms with van der Waals surface area (Å²) in [6.07, 6.45) is -9.70. The van der Waals surface area contributed by atoms with Crippen LogP contribution >= 0.6 is 11.8 Å². The summed E-state index contributed by atoms with van der Waals surface area (Å²) in [5.41, 5.74) is -0.267. The van der Waals surface area contributed by atoms with Crippen LogP contribution in [-0.4, -0.2) is 9.97 Å². The van der Waals surface area contributed by atoms with Crippen molar-refractivity contribution in [3.05, 3.63) is 58.7 Å². The number of hydrogen-bond acceptors (Lipinski definition) is 2. The monoisotopic (exact) mass is 390 g/mol. The minimum absolute atomic E-state index is 0.0752. The van der Waals surface area contributed by atoms with Gasteiger partial charge in [-0.15, -0.1) is 0 Å². The molecule has 9 heteroatoms. The smallest absolute Gasteiger partial charge is 0.333 e. The minimum Gasteiger partial charge on any atom is -0.333 e. The number of hydrogen-bond donors (Lipinski definition) is 1. The molecule has 0 saturated heterocycles. The van der Waals surface area contributed by atoms with Gasteiger partial charge in [-0.3, -0.25) is 0 Å². The standard InChI is InChI=1S/C17H12F6N2S/c1-9-2-3-13-14(4-9)25-15(24-13)26-8-10-5-11(16(18,19)20)7-12(6-10)17(21,22)23/h2-7H,8H2,1H3,(H,24,25). The number of aromatic amines is 1. The predicted molar refractivity (Wildman–Crippen MR) is 86.8 cm³/mol. The molecular formula is C17H12F6N2S. The van der Waals surface area contributed by atoms with E-state index in [0.717, 1.165) is 35.0 Å². The maximum Gasteiger partial charge on any atom is 0.416 e. The van der Waals surface area contributed by atoms with Gasteiger partial charge in [-0.05, 0) is 48.4 Å². The van der Waals surface area contributed by atoms with Crippen molar-refractivity contribution >= 4 is 22.8 Å². The molecule has 2 aromatic carbocycles. The number of aromatic nitrogens is 2. The third-order valence-electron chi connectivity index (χ3n) is 3.64. The molecule has 0 radical (unpaired) electrons. The van der Waals surface area contributed by atoms with E-state index in [9.17, 15) is 26.3 Å². The Hall–Kier alpha value is -2.16. The lowest BCUT2D eigenvalue weighted by atomic mass is 10.1. The largest absolute Gasteiger partial charge is 0.416 e. The van der Waals surface area contributed by atoms with E-state index >= 15 is 0 Å². The summed E-state index contributed by atoms with van der Waals surface area (Å²) in [7, 11) is 0. The molecule has 0 unspecified atom stereocenters. The number of imidazole rings is 1. The van der Waals surface area contributed by atoms with Gasteiger partial charge in [0.25, 0.3) is 0 Å². The second-order valence-electron chi connectivity index (χ2n) is 5.77. The first-order valence-electron chi connectivity index (χ1n) is 7.40. The molecule has 2 nitrogen and oxygen atoms in total. The predicted octanol–water partition coefficient (Wildman–Crippen LogP) is 6.20. The number of rotatable bonds is 3. The van der Waals surface area contributed by atoms with Crippen molar-refractivity contribution in [1.29, 1.82) is 0 Å². The van der Waals surface area contributed by atoms with E-state index in [-0.39, 0.29) is 17.4 Å². The van der Waals surface area contributed by atoms with Gasteiger partial charge in [0.15, 0.2) is 5.16 Å². The van der Waals surface area contributed by atoms with Crippen LogP contribution in [0.1, 0.15) is 22.3 Å². The lowest BCUT2D eigenvalue weighted by Gasteiger charge is -2.13. The van der Waals surface area contributed by atoms with Crippen molar-refractivity contribution in [2.24, 2.45) is 0 Å². The van der Waals surface area contributed by atoms with E-state index in [4.69, 9.17) is 0 Å². The Morgan fingerprint density at radius 3 is 2.12 bits per heavy atom. The number of nitrogens with one attached hydrogen (secondary N) is 1. The summed E-state index contributed by atoms with van der Waals surface area (Å²) in [6.45, 7) is 1.90. The number of fused-ring (bicyclic) bond motifs is 1. The molecular weight excluding hydrogens is 378 g/mol. The van der Waals surface area contributed by atoms with Gasteiger partial charge in [0, 0.05) is 5.75 Å². The van der Waals surface area contributed by atoms with E-state index in [2.05, 4.69) is 9.97 Å². The molecule has 3 rings (SSSR count). The topological polar surface area (TPSA) is 28.7 Å². The van der Waals surface area contributed by atoms with Crippen LogP contribution in [0.3, 0.4) is 0 Å². The fourth-order valence-electron chi connectivity index (χ4n) is 2.42. The van der Waals surface area contributed by atoms with Crippen molar-refractivity contribution in [2.45, 2.75) is 30.2 Å². The van der Waals surface area contributed by atoms with E-state index in [1.54, 1.807) is 6.07 Å². The zero-order valence-electron chi connectivity index (χ0n) is 13.3. The Kier molecular flexibility index (Phi) is 4.68. The van der Waals surface area contributed by atoms with Gasteiger partial charge in [-0.25, -0.2) is 4.98 Å². The Labute approximate surface area is 148 Å². The Balaban J connectivity index is 1.88. The van der Waals surface area contributed by atoms with Crippen LogP contribution < -0.4 is 0 Å². The Bertz CT molecular complexity index is 910. The summed E-state index contributed by atoms with van der Waals surface area (Å²) >= 11 is 1.04. The van der Waals surface area contributed by atoms with Gasteiger partial charge in [-0.1, -0.05) is 17.8 Å². The van der Waals surface area contributed by atoms with Gasteiger partial charge in [-0.2, -0.15) is 26.3 Å². The van der Waals surface area contributed by atoms with Gasteiger partial charge in [0.2, 0.25) is 0 Å². The fraction of sp³-hybridized carbons (Fsp3) is 0.235. The molecule has 0 aliphatic rings. The molecule has 138 valence electrons. The van der Waals surface area contributed by atoms with Crippen molar-refractivity contribution in [3.8, 4) is 0 Å². The zero-order valence-corrected chi connectivity index (χ0v) is 14.1. The highest BCUT2D eigenvalue weighted by Crippen LogP contribution is 2.37. The van der Waals surface area contributed by atoms with Gasteiger partial charge >= 0.3 is 12.4 Å². The molecule has 1 heterocycles. The highest BCUT2D eigenvalue weighted by atomic mass is 32.2. The van der Waals surface area contributed by atoms with Crippen LogP contribution in [0.5, 0.6) is 0 Å². The third kappa shape index (κ3) is 4.14. The molecule has 0 amide bonds. The quantitative estimate of drug-likeness (QED) is 0.426. The summed E-state index contributed by atoms with van der Waals surface area (Å²) < 4.78 is 77.3. The first-order valence-corrected chi connectivity index (χ1v) is 8.38. The average Bonchev–Trinajstić information content (AvgIpc) is 2.93. The lowest BCUT2D eigenvalue weighted by molar-refractivity contribution is -0.143. The number of alkyl halides is 6. The molecule has 26 heavy (non-hydrogen) atoms. The van der Waals surface area contributed by atoms with Gasteiger partial charge in [0.05, 0.1) is 22.2 Å². The molecule has 0 aliphatic heterocycles. The molecule has 1 N–H and O–H groups in total. The maximum absolute atomic E-state index is 12.9. The second kappa shape index (κ2) is 6.53. The Morgan fingerprint density at radius 2 is 1.54 bits per heavy atom. The first-order chi connectivity index (χ1) is 12.0. The van der Waals surface area contributed by atoms with Crippen molar-refractivity contribution in [1.82, 2.24) is 9.97 Å². The normalized spacial score (nSPS) is 12.7. The molecule has 0 saturated carbocycles. The third-order valence-corrected chi connectivity index (χ3v) is 4.58. The number of nitrogens with zero attached hydrogens (tertiary/aromatic N) is 1. The van der Waals surface area contributed by atoms with Gasteiger partial charge < -0.3 is 4.98 Å². The van der Waals surface area contributed by atoms with Crippen LogP contribution in [0.4, 0.5) is 26.3 Å². The van der Waals surface area contributed by atoms with Crippen LogP contribution in [-0.2, 0) is 18.1 Å². The van der Waals surface area contributed by atoms with Crippen molar-refractivity contribution < 1.29 is 26.3 Å². The summed E-state index contributed by atoms with van der Waals surface area (Å²) in [5.74, 6) is -0.0776. The number of aryl methyl sites for hydroxylation is 1. The fourth-order valence-corrected chi connectivity index (χ4v) is 3.24. The van der Waals surface area contributed by atoms with Crippen molar-refractivity contribution in [3.63, 3.8) is 0 Å². The minimum atomic E-state index is -4.85. The van der Waals surface area contributed by atoms with Gasteiger partial charge in [0.1, 0.15) is 0 Å². The summed E-state index contributed by atoms with van der Waals surface area (Å²) in [6, 6.07) is 7.10. The van der Waals surface area contributed by atoms with Crippen molar-refractivity contribution in [2.75, 3.05) is 0 Å². The Morgan fingerprint density at radius 1 is 0.923 bits per heavy atom. The molecule has 0 atom stereocenters. The first kappa shape index (κ1) is 18.6. The van der Waals surface area contributed by atoms with Crippen LogP contribution in [0, 0.1) is 6.92 Å². The summed E-state index contributed by atoms with van der Waals surface area (Å²) in [5, 5.41) is 0.427. The highest BCUT2D eigenvalue weighted by molar-refractivity contribution is 7.98. The zero-order chi connectivity index (χ0) is 19.1. The van der Waals surface area contributed by atoms with E-state index in [1.807, 2.05) is 19.1 Å². The number of halogens is 6. The number of thioether (sulfide) groups is 1. The molecule has 3 aromatic rings. The molecule has 1 aromatic heterocycles. The van der Waals surface area contributed by atoms with E-state index < -0.39 is 23.5 Å². The second-order valence-corrected chi connectivity index (χ2v) is 6.73. The SMILES string of the molecule is Cc1ccc2nc(SCc3cc(C(F)(F)F)cc(C(F)(F)F)c3)[nH]c2c1. The number of H-pyrrole nitrogens is 1. The molecule has 0 fully saturated rings. The molecule has 0 spiro atoms. The average molecular weight is 390 g/mol. The molecule has 0 aliphatic carbocycles. The maximum atomic E-state index is 12.9. The highest BCUT2D eigenvalue weighted by Gasteiger charge is 2.36.